The summed E-state index contributed by atoms with van der Waals surface area (Å²) in [4.78, 5) is 13.0. The van der Waals surface area contributed by atoms with Crippen molar-refractivity contribution in [3.8, 4) is 6.07 Å². The second-order valence-corrected chi connectivity index (χ2v) is 6.65. The van der Waals surface area contributed by atoms with Crippen LogP contribution in [0.1, 0.15) is 11.1 Å². The number of hydrogen-bond acceptors (Lipinski definition) is 4. The molecule has 0 atom stereocenters. The Morgan fingerprint density at radius 1 is 1.30 bits per heavy atom. The second kappa shape index (κ2) is 6.03. The van der Waals surface area contributed by atoms with Crippen LogP contribution in [0.2, 0.25) is 0 Å². The summed E-state index contributed by atoms with van der Waals surface area (Å²) in [5.74, 6) is -0.315. The fourth-order valence-electron chi connectivity index (χ4n) is 1.53. The van der Waals surface area contributed by atoms with Crippen LogP contribution in [-0.4, -0.2) is 51.2 Å². The predicted octanol–water partition coefficient (Wildman–Crippen LogP) is 0.575. The normalized spacial score (nSPS) is 11.2. The third kappa shape index (κ3) is 3.35. The van der Waals surface area contributed by atoms with Crippen molar-refractivity contribution >= 4 is 15.9 Å². The highest BCUT2D eigenvalue weighted by Gasteiger charge is 2.25. The Balaban J connectivity index is 3.17. The van der Waals surface area contributed by atoms with Crippen LogP contribution in [0, 0.1) is 18.3 Å². The van der Waals surface area contributed by atoms with E-state index in [4.69, 9.17) is 5.26 Å². The number of benzene rings is 1. The van der Waals surface area contributed by atoms with Gasteiger partial charge in [-0.3, -0.25) is 4.79 Å². The number of nitrogens with zero attached hydrogens (tertiary/aromatic N) is 3. The minimum absolute atomic E-state index is 0.0469. The molecule has 0 saturated carbocycles. The molecule has 1 rings (SSSR count). The lowest BCUT2D eigenvalue weighted by molar-refractivity contribution is -0.128. The molecule has 20 heavy (non-hydrogen) atoms. The van der Waals surface area contributed by atoms with Gasteiger partial charge in [-0.05, 0) is 24.6 Å². The fourth-order valence-corrected chi connectivity index (χ4v) is 2.90. The maximum Gasteiger partial charge on any atom is 0.243 e. The molecule has 1 aromatic carbocycles. The molecule has 0 saturated heterocycles. The Hall–Kier alpha value is -1.91. The molecule has 0 N–H and O–H groups in total. The predicted molar refractivity (Wildman–Crippen MR) is 74.4 cm³/mol. The number of amides is 1. The van der Waals surface area contributed by atoms with E-state index >= 15 is 0 Å². The first-order valence-electron chi connectivity index (χ1n) is 5.87. The van der Waals surface area contributed by atoms with Crippen molar-refractivity contribution in [2.45, 2.75) is 11.8 Å². The highest BCUT2D eigenvalue weighted by atomic mass is 32.2. The number of hydrogen-bond donors (Lipinski definition) is 0. The van der Waals surface area contributed by atoms with Gasteiger partial charge in [-0.15, -0.1) is 0 Å². The smallest absolute Gasteiger partial charge is 0.243 e. The zero-order valence-electron chi connectivity index (χ0n) is 11.9. The second-order valence-electron chi connectivity index (χ2n) is 4.64. The van der Waals surface area contributed by atoms with Gasteiger partial charge in [-0.2, -0.15) is 9.57 Å². The number of nitriles is 1. The molecule has 0 spiro atoms. The summed E-state index contributed by atoms with van der Waals surface area (Å²) in [6, 6.07) is 6.36. The van der Waals surface area contributed by atoms with Gasteiger partial charge in [0.1, 0.15) is 0 Å². The third-order valence-electron chi connectivity index (χ3n) is 2.86. The van der Waals surface area contributed by atoms with E-state index < -0.39 is 10.0 Å². The van der Waals surface area contributed by atoms with Crippen LogP contribution < -0.4 is 0 Å². The molecule has 0 aliphatic heterocycles. The topological polar surface area (TPSA) is 81.5 Å². The van der Waals surface area contributed by atoms with Crippen LogP contribution >= 0.6 is 0 Å². The van der Waals surface area contributed by atoms with Crippen LogP contribution in [-0.2, 0) is 14.8 Å². The molecule has 0 bridgehead atoms. The first kappa shape index (κ1) is 16.1. The van der Waals surface area contributed by atoms with Crippen LogP contribution in [0.3, 0.4) is 0 Å². The lowest BCUT2D eigenvalue weighted by atomic mass is 10.2. The molecule has 0 aromatic heterocycles. The van der Waals surface area contributed by atoms with Gasteiger partial charge in [-0.25, -0.2) is 8.42 Å². The summed E-state index contributed by atoms with van der Waals surface area (Å²) in [6.45, 7) is 1.40. The number of sulfonamides is 1. The van der Waals surface area contributed by atoms with Crippen molar-refractivity contribution in [2.75, 3.05) is 27.7 Å². The number of aryl methyl sites for hydroxylation is 1. The van der Waals surface area contributed by atoms with E-state index in [-0.39, 0.29) is 22.9 Å². The molecule has 7 heteroatoms. The Kier molecular flexibility index (Phi) is 4.87. The van der Waals surface area contributed by atoms with Gasteiger partial charge in [-0.1, -0.05) is 6.07 Å². The first-order valence-corrected chi connectivity index (χ1v) is 7.31. The standard InChI is InChI=1S/C13H17N3O3S/c1-10-5-6-11(8-14)7-12(10)20(18,19)16(4)9-13(17)15(2)3/h5-7H,9H2,1-4H3. The average Bonchev–Trinajstić information content (AvgIpc) is 2.38. The van der Waals surface area contributed by atoms with Crippen LogP contribution in [0.4, 0.5) is 0 Å². The largest absolute Gasteiger partial charge is 0.348 e. The van der Waals surface area contributed by atoms with Gasteiger partial charge in [0.05, 0.1) is 23.1 Å². The molecule has 0 unspecified atom stereocenters. The van der Waals surface area contributed by atoms with Crippen molar-refractivity contribution in [2.24, 2.45) is 0 Å². The van der Waals surface area contributed by atoms with E-state index in [1.54, 1.807) is 33.2 Å². The number of carbonyl (C=O) groups excluding carboxylic acids is 1. The molecular formula is C13H17N3O3S. The van der Waals surface area contributed by atoms with E-state index in [9.17, 15) is 13.2 Å². The Morgan fingerprint density at radius 3 is 2.40 bits per heavy atom. The van der Waals surface area contributed by atoms with Gasteiger partial charge in [0.25, 0.3) is 0 Å². The van der Waals surface area contributed by atoms with Crippen molar-refractivity contribution in [1.29, 1.82) is 5.26 Å². The van der Waals surface area contributed by atoms with Crippen LogP contribution in [0.15, 0.2) is 23.1 Å². The molecule has 6 nitrogen and oxygen atoms in total. The summed E-state index contributed by atoms with van der Waals surface area (Å²) < 4.78 is 25.8. The summed E-state index contributed by atoms with van der Waals surface area (Å²) in [7, 11) is 0.666. The van der Waals surface area contributed by atoms with Crippen LogP contribution in [0.5, 0.6) is 0 Å². The molecule has 1 amide bonds. The summed E-state index contributed by atoms with van der Waals surface area (Å²) in [5.41, 5.74) is 0.801. The zero-order chi connectivity index (χ0) is 15.5. The van der Waals surface area contributed by atoms with E-state index in [1.807, 2.05) is 6.07 Å². The highest BCUT2D eigenvalue weighted by Crippen LogP contribution is 2.20. The third-order valence-corrected chi connectivity index (χ3v) is 4.81. The fraction of sp³-hybridized carbons (Fsp3) is 0.385. The van der Waals surface area contributed by atoms with E-state index in [0.29, 0.717) is 5.56 Å². The molecule has 0 fully saturated rings. The molecule has 0 aliphatic carbocycles. The summed E-state index contributed by atoms with van der Waals surface area (Å²) in [5, 5.41) is 8.86. The van der Waals surface area contributed by atoms with Crippen molar-refractivity contribution in [3.05, 3.63) is 29.3 Å². The molecule has 0 radical (unpaired) electrons. The van der Waals surface area contributed by atoms with E-state index in [1.165, 1.54) is 18.0 Å². The number of carbonyl (C=O) groups is 1. The lowest BCUT2D eigenvalue weighted by Crippen LogP contribution is -2.38. The summed E-state index contributed by atoms with van der Waals surface area (Å²) >= 11 is 0. The van der Waals surface area contributed by atoms with Gasteiger partial charge in [0.2, 0.25) is 15.9 Å². The lowest BCUT2D eigenvalue weighted by Gasteiger charge is -2.20. The average molecular weight is 295 g/mol. The molecular weight excluding hydrogens is 278 g/mol. The Labute approximate surface area is 119 Å². The Bertz CT molecular complexity index is 660. The molecule has 1 aromatic rings. The first-order chi connectivity index (χ1) is 9.20. The maximum atomic E-state index is 12.4. The van der Waals surface area contributed by atoms with Crippen molar-refractivity contribution in [1.82, 2.24) is 9.21 Å². The molecule has 0 heterocycles. The molecule has 108 valence electrons. The van der Waals surface area contributed by atoms with Gasteiger partial charge in [0.15, 0.2) is 0 Å². The minimum atomic E-state index is -3.80. The van der Waals surface area contributed by atoms with E-state index in [0.717, 1.165) is 4.31 Å². The van der Waals surface area contributed by atoms with Crippen molar-refractivity contribution in [3.63, 3.8) is 0 Å². The SMILES string of the molecule is Cc1ccc(C#N)cc1S(=O)(=O)N(C)CC(=O)N(C)C. The van der Waals surface area contributed by atoms with Crippen molar-refractivity contribution < 1.29 is 13.2 Å². The monoisotopic (exact) mass is 295 g/mol. The van der Waals surface area contributed by atoms with Gasteiger partial charge in [0, 0.05) is 21.1 Å². The minimum Gasteiger partial charge on any atom is -0.348 e. The van der Waals surface area contributed by atoms with E-state index in [2.05, 4.69) is 0 Å². The van der Waals surface area contributed by atoms with Gasteiger partial charge < -0.3 is 4.90 Å². The summed E-state index contributed by atoms with van der Waals surface area (Å²) in [6.07, 6.45) is 0. The molecule has 0 aliphatic rings. The Morgan fingerprint density at radius 2 is 1.90 bits per heavy atom. The zero-order valence-corrected chi connectivity index (χ0v) is 12.7. The number of rotatable bonds is 4. The quantitative estimate of drug-likeness (QED) is 0.813. The van der Waals surface area contributed by atoms with Crippen LogP contribution in [0.25, 0.3) is 0 Å². The number of likely N-dealkylation sites (N-methyl/N-ethyl adjacent to an activating group) is 2. The van der Waals surface area contributed by atoms with Gasteiger partial charge >= 0.3 is 0 Å². The highest BCUT2D eigenvalue weighted by molar-refractivity contribution is 7.89. The maximum absolute atomic E-state index is 12.4.